The Morgan fingerprint density at radius 3 is 2.60 bits per heavy atom. The van der Waals surface area contributed by atoms with Crippen molar-refractivity contribution in [2.75, 3.05) is 7.11 Å². The Morgan fingerprint density at radius 1 is 1.10 bits per heavy atom. The molecule has 2 unspecified atom stereocenters. The monoisotopic (exact) mass is 397 g/mol. The number of aryl methyl sites for hydroxylation is 1. The minimum Gasteiger partial charge on any atom is -0.497 e. The molecule has 0 N–H and O–H groups in total. The molecule has 0 aliphatic heterocycles. The molecular formula is C25H23N3O2. The number of fused-ring (bicyclic) bond motifs is 1. The molecule has 2 atom stereocenters. The van der Waals surface area contributed by atoms with Gasteiger partial charge in [0.2, 0.25) is 0 Å². The number of nitrogens with zero attached hydrogens (tertiary/aromatic N) is 3. The van der Waals surface area contributed by atoms with Crippen molar-refractivity contribution in [1.82, 2.24) is 14.6 Å². The normalized spacial score (nSPS) is 17.8. The van der Waals surface area contributed by atoms with Crippen molar-refractivity contribution in [2.24, 2.45) is 5.92 Å². The van der Waals surface area contributed by atoms with Crippen LogP contribution in [0.5, 0.6) is 5.75 Å². The van der Waals surface area contributed by atoms with E-state index in [4.69, 9.17) is 9.72 Å². The van der Waals surface area contributed by atoms with E-state index in [0.29, 0.717) is 12.3 Å². The van der Waals surface area contributed by atoms with Crippen LogP contribution in [0.2, 0.25) is 0 Å². The van der Waals surface area contributed by atoms with Gasteiger partial charge in [0.1, 0.15) is 11.5 Å². The van der Waals surface area contributed by atoms with Crippen LogP contribution in [0.25, 0.3) is 16.9 Å². The number of methoxy groups -OCH3 is 1. The maximum Gasteiger partial charge on any atom is 0.156 e. The van der Waals surface area contributed by atoms with Gasteiger partial charge in [-0.3, -0.25) is 4.79 Å². The highest BCUT2D eigenvalue weighted by molar-refractivity contribution is 5.87. The number of Topliss-reactive ketones (excluding diaryl/α,β-unsaturated/α-hetero) is 1. The zero-order chi connectivity index (χ0) is 20.7. The van der Waals surface area contributed by atoms with E-state index in [1.165, 1.54) is 5.56 Å². The Balaban J connectivity index is 1.44. The van der Waals surface area contributed by atoms with Crippen LogP contribution >= 0.6 is 0 Å². The second kappa shape index (κ2) is 7.41. The first kappa shape index (κ1) is 18.6. The number of carbonyl (C=O) groups is 1. The third-order valence-electron chi connectivity index (χ3n) is 5.78. The van der Waals surface area contributed by atoms with Crippen molar-refractivity contribution >= 4 is 11.4 Å². The Bertz CT molecular complexity index is 1210. The van der Waals surface area contributed by atoms with Crippen LogP contribution in [0.3, 0.4) is 0 Å². The quantitative estimate of drug-likeness (QED) is 0.476. The van der Waals surface area contributed by atoms with E-state index in [2.05, 4.69) is 17.2 Å². The Hall–Kier alpha value is -3.47. The molecule has 0 spiro atoms. The molecule has 150 valence electrons. The molecule has 0 saturated heterocycles. The molecule has 0 bridgehead atoms. The summed E-state index contributed by atoms with van der Waals surface area (Å²) >= 11 is 0. The van der Waals surface area contributed by atoms with E-state index in [1.807, 2.05) is 66.0 Å². The molecule has 2 heterocycles. The number of aromatic nitrogens is 3. The number of carbonyl (C=O) groups excluding carboxylic acids is 1. The first-order valence-corrected chi connectivity index (χ1v) is 10.2. The number of hydrogen-bond acceptors (Lipinski definition) is 4. The van der Waals surface area contributed by atoms with E-state index >= 15 is 0 Å². The molecule has 4 aromatic rings. The van der Waals surface area contributed by atoms with E-state index in [9.17, 15) is 4.79 Å². The van der Waals surface area contributed by atoms with Crippen LogP contribution in [-0.4, -0.2) is 27.5 Å². The standard InChI is InChI=1S/C25H23N3O2/c1-16-12-25-26-19(14-24(29)22-15-21(22)17-6-4-3-5-7-17)13-23(28(25)27-16)18-8-10-20(30-2)11-9-18/h3-13,21-22H,14-15H2,1-2H3. The van der Waals surface area contributed by atoms with Gasteiger partial charge in [0.25, 0.3) is 0 Å². The van der Waals surface area contributed by atoms with Crippen LogP contribution in [0.1, 0.15) is 29.3 Å². The van der Waals surface area contributed by atoms with Gasteiger partial charge in [-0.05, 0) is 55.2 Å². The molecule has 5 heteroatoms. The molecule has 30 heavy (non-hydrogen) atoms. The predicted octanol–water partition coefficient (Wildman–Crippen LogP) is 4.63. The summed E-state index contributed by atoms with van der Waals surface area (Å²) in [5.74, 6) is 1.51. The third kappa shape index (κ3) is 3.47. The van der Waals surface area contributed by atoms with Gasteiger partial charge >= 0.3 is 0 Å². The molecular weight excluding hydrogens is 374 g/mol. The second-order valence-electron chi connectivity index (χ2n) is 7.92. The van der Waals surface area contributed by atoms with Gasteiger partial charge in [0.05, 0.1) is 24.2 Å². The largest absolute Gasteiger partial charge is 0.497 e. The van der Waals surface area contributed by atoms with Gasteiger partial charge in [-0.2, -0.15) is 5.10 Å². The maximum absolute atomic E-state index is 13.0. The van der Waals surface area contributed by atoms with Crippen molar-refractivity contribution < 1.29 is 9.53 Å². The fraction of sp³-hybridized carbons (Fsp3) is 0.240. The van der Waals surface area contributed by atoms with E-state index < -0.39 is 0 Å². The van der Waals surface area contributed by atoms with Gasteiger partial charge in [-0.1, -0.05) is 30.3 Å². The molecule has 0 amide bonds. The molecule has 0 radical (unpaired) electrons. The molecule has 1 aliphatic rings. The minimum atomic E-state index is 0.0986. The summed E-state index contributed by atoms with van der Waals surface area (Å²) in [5, 5.41) is 4.59. The first-order valence-electron chi connectivity index (χ1n) is 10.2. The summed E-state index contributed by atoms with van der Waals surface area (Å²) < 4.78 is 7.12. The highest BCUT2D eigenvalue weighted by Crippen LogP contribution is 2.48. The Kier molecular flexibility index (Phi) is 4.58. The average Bonchev–Trinajstić information content (AvgIpc) is 3.49. The third-order valence-corrected chi connectivity index (χ3v) is 5.78. The highest BCUT2D eigenvalue weighted by Gasteiger charge is 2.43. The van der Waals surface area contributed by atoms with E-state index in [0.717, 1.165) is 40.5 Å². The number of hydrogen-bond donors (Lipinski definition) is 0. The maximum atomic E-state index is 13.0. The summed E-state index contributed by atoms with van der Waals surface area (Å²) in [6, 6.07) is 22.1. The lowest BCUT2D eigenvalue weighted by atomic mass is 10.0. The summed E-state index contributed by atoms with van der Waals surface area (Å²) in [5.41, 5.74) is 5.63. The molecule has 2 aromatic carbocycles. The van der Waals surface area contributed by atoms with Crippen LogP contribution in [0.15, 0.2) is 66.7 Å². The molecule has 1 saturated carbocycles. The lowest BCUT2D eigenvalue weighted by Gasteiger charge is -2.09. The van der Waals surface area contributed by atoms with E-state index in [1.54, 1.807) is 7.11 Å². The van der Waals surface area contributed by atoms with Crippen LogP contribution in [0.4, 0.5) is 0 Å². The Labute approximate surface area is 175 Å². The number of rotatable bonds is 6. The van der Waals surface area contributed by atoms with Crippen LogP contribution in [0, 0.1) is 12.8 Å². The molecule has 2 aromatic heterocycles. The fourth-order valence-electron chi connectivity index (χ4n) is 4.13. The van der Waals surface area contributed by atoms with Crippen molar-refractivity contribution in [2.45, 2.75) is 25.7 Å². The number of benzene rings is 2. The van der Waals surface area contributed by atoms with Crippen LogP contribution in [-0.2, 0) is 11.2 Å². The molecule has 1 aliphatic carbocycles. The highest BCUT2D eigenvalue weighted by atomic mass is 16.5. The van der Waals surface area contributed by atoms with Crippen molar-refractivity contribution in [3.05, 3.63) is 83.7 Å². The zero-order valence-corrected chi connectivity index (χ0v) is 17.1. The van der Waals surface area contributed by atoms with Gasteiger partial charge in [0, 0.05) is 24.0 Å². The fourth-order valence-corrected chi connectivity index (χ4v) is 4.13. The summed E-state index contributed by atoms with van der Waals surface area (Å²) in [7, 11) is 1.65. The lowest BCUT2D eigenvalue weighted by Crippen LogP contribution is -2.09. The number of ether oxygens (including phenoxy) is 1. The molecule has 5 rings (SSSR count). The zero-order valence-electron chi connectivity index (χ0n) is 17.1. The Morgan fingerprint density at radius 2 is 1.87 bits per heavy atom. The van der Waals surface area contributed by atoms with Crippen molar-refractivity contribution in [3.8, 4) is 17.0 Å². The van der Waals surface area contributed by atoms with Crippen LogP contribution < -0.4 is 4.74 Å². The van der Waals surface area contributed by atoms with Crippen molar-refractivity contribution in [1.29, 1.82) is 0 Å². The van der Waals surface area contributed by atoms with Gasteiger partial charge in [-0.15, -0.1) is 0 Å². The summed E-state index contributed by atoms with van der Waals surface area (Å²) in [6.07, 6.45) is 1.28. The molecule has 1 fully saturated rings. The van der Waals surface area contributed by atoms with Gasteiger partial charge in [0.15, 0.2) is 5.65 Å². The summed E-state index contributed by atoms with van der Waals surface area (Å²) in [6.45, 7) is 1.95. The smallest absolute Gasteiger partial charge is 0.156 e. The van der Waals surface area contributed by atoms with Crippen molar-refractivity contribution in [3.63, 3.8) is 0 Å². The average molecular weight is 397 g/mol. The summed E-state index contributed by atoms with van der Waals surface area (Å²) in [4.78, 5) is 17.7. The van der Waals surface area contributed by atoms with E-state index in [-0.39, 0.29) is 11.7 Å². The number of ketones is 1. The topological polar surface area (TPSA) is 56.5 Å². The first-order chi connectivity index (χ1) is 14.6. The van der Waals surface area contributed by atoms with Gasteiger partial charge < -0.3 is 4.74 Å². The van der Waals surface area contributed by atoms with Gasteiger partial charge in [-0.25, -0.2) is 9.50 Å². The predicted molar refractivity (Wildman–Crippen MR) is 116 cm³/mol. The second-order valence-corrected chi connectivity index (χ2v) is 7.92. The lowest BCUT2D eigenvalue weighted by molar-refractivity contribution is -0.119. The molecule has 5 nitrogen and oxygen atoms in total. The SMILES string of the molecule is COc1ccc(-c2cc(CC(=O)C3CC3c3ccccc3)nc3cc(C)nn23)cc1. The minimum absolute atomic E-state index is 0.0986.